The number of carbonyl (C=O) groups is 1. The van der Waals surface area contributed by atoms with E-state index in [0.717, 1.165) is 0 Å². The first kappa shape index (κ1) is 12.7. The lowest BCUT2D eigenvalue weighted by molar-refractivity contribution is -0.116. The first-order chi connectivity index (χ1) is 8.81. The minimum atomic E-state index is -0.168. The highest BCUT2D eigenvalue weighted by molar-refractivity contribution is 5.93. The van der Waals surface area contributed by atoms with Gasteiger partial charge in [-0.2, -0.15) is 0 Å². The molecule has 0 bridgehead atoms. The molecule has 1 N–H and O–H groups in total. The van der Waals surface area contributed by atoms with Gasteiger partial charge in [0.15, 0.2) is 0 Å². The van der Waals surface area contributed by atoms with E-state index in [1.807, 2.05) is 18.2 Å². The summed E-state index contributed by atoms with van der Waals surface area (Å²) in [5.41, 5.74) is 1.19. The van der Waals surface area contributed by atoms with Gasteiger partial charge in [0.05, 0.1) is 6.04 Å². The Hall–Kier alpha value is -1.75. The molecular formula is C16H19NO. The van der Waals surface area contributed by atoms with E-state index in [-0.39, 0.29) is 11.9 Å². The van der Waals surface area contributed by atoms with Gasteiger partial charge in [-0.3, -0.25) is 4.79 Å². The number of nitrogens with one attached hydrogen (secondary N) is 1. The zero-order chi connectivity index (χ0) is 12.8. The van der Waals surface area contributed by atoms with E-state index in [0.29, 0.717) is 5.92 Å². The van der Waals surface area contributed by atoms with Crippen LogP contribution in [-0.4, -0.2) is 5.91 Å². The zero-order valence-corrected chi connectivity index (χ0v) is 10.8. The molecule has 1 atom stereocenters. The van der Waals surface area contributed by atoms with Crippen LogP contribution in [-0.2, 0) is 4.79 Å². The van der Waals surface area contributed by atoms with E-state index in [1.165, 1.54) is 31.2 Å². The largest absolute Gasteiger partial charge is 0.338 e. The number of rotatable bonds is 3. The molecule has 0 aromatic heterocycles. The maximum atomic E-state index is 11.7. The maximum Gasteiger partial charge on any atom is 0.296 e. The van der Waals surface area contributed by atoms with Crippen LogP contribution in [0.5, 0.6) is 0 Å². The van der Waals surface area contributed by atoms with E-state index < -0.39 is 0 Å². The average Bonchev–Trinajstić information content (AvgIpc) is 2.91. The van der Waals surface area contributed by atoms with E-state index in [9.17, 15) is 4.79 Å². The predicted molar refractivity (Wildman–Crippen MR) is 72.7 cm³/mol. The molecule has 1 saturated carbocycles. The Morgan fingerprint density at radius 1 is 1.28 bits per heavy atom. The molecule has 1 fully saturated rings. The third-order valence-corrected chi connectivity index (χ3v) is 3.56. The van der Waals surface area contributed by atoms with E-state index in [4.69, 9.17) is 0 Å². The molecule has 0 spiro atoms. The Bertz CT molecular complexity index is 449. The van der Waals surface area contributed by atoms with Gasteiger partial charge in [0.25, 0.3) is 5.91 Å². The quantitative estimate of drug-likeness (QED) is 0.810. The summed E-state index contributed by atoms with van der Waals surface area (Å²) in [6, 6.07) is 10.3. The Kier molecular flexibility index (Phi) is 4.41. The van der Waals surface area contributed by atoms with E-state index >= 15 is 0 Å². The minimum Gasteiger partial charge on any atom is -0.338 e. The second-order valence-corrected chi connectivity index (χ2v) is 4.78. The van der Waals surface area contributed by atoms with Gasteiger partial charge in [-0.05, 0) is 37.2 Å². The summed E-state index contributed by atoms with van der Waals surface area (Å²) in [7, 11) is 0. The minimum absolute atomic E-state index is 0.113. The lowest BCUT2D eigenvalue weighted by atomic mass is 9.91. The molecule has 2 nitrogen and oxygen atoms in total. The fraction of sp³-hybridized carbons (Fsp3) is 0.438. The van der Waals surface area contributed by atoms with Crippen molar-refractivity contribution in [3.05, 3.63) is 35.9 Å². The molecule has 0 saturated heterocycles. The van der Waals surface area contributed by atoms with Crippen LogP contribution in [0.1, 0.15) is 44.2 Å². The summed E-state index contributed by atoms with van der Waals surface area (Å²) in [4.78, 5) is 11.7. The van der Waals surface area contributed by atoms with E-state index in [2.05, 4.69) is 29.3 Å². The van der Waals surface area contributed by atoms with Gasteiger partial charge in [0.1, 0.15) is 0 Å². The highest BCUT2D eigenvalue weighted by Crippen LogP contribution is 2.35. The summed E-state index contributed by atoms with van der Waals surface area (Å²) in [6.07, 6.45) is 4.92. The van der Waals surface area contributed by atoms with Crippen LogP contribution in [0.25, 0.3) is 0 Å². The van der Waals surface area contributed by atoms with Gasteiger partial charge >= 0.3 is 0 Å². The summed E-state index contributed by atoms with van der Waals surface area (Å²) >= 11 is 0. The van der Waals surface area contributed by atoms with Gasteiger partial charge in [0, 0.05) is 0 Å². The number of carbonyl (C=O) groups excluding carboxylic acids is 1. The first-order valence-corrected chi connectivity index (χ1v) is 6.59. The molecule has 1 aliphatic rings. The van der Waals surface area contributed by atoms with Crippen LogP contribution in [0, 0.1) is 17.8 Å². The molecule has 0 radical (unpaired) electrons. The molecule has 0 aliphatic heterocycles. The number of benzene rings is 1. The Labute approximate surface area is 109 Å². The highest BCUT2D eigenvalue weighted by atomic mass is 16.1. The fourth-order valence-electron chi connectivity index (χ4n) is 2.72. The number of hydrogen-bond acceptors (Lipinski definition) is 1. The molecule has 0 heterocycles. The third-order valence-electron chi connectivity index (χ3n) is 3.56. The molecule has 1 amide bonds. The predicted octanol–water partition coefficient (Wildman–Crippen LogP) is 3.06. The van der Waals surface area contributed by atoms with Gasteiger partial charge in [-0.15, -0.1) is 0 Å². The lowest BCUT2D eigenvalue weighted by Crippen LogP contribution is -2.31. The third kappa shape index (κ3) is 3.13. The molecule has 94 valence electrons. The second-order valence-electron chi connectivity index (χ2n) is 4.78. The van der Waals surface area contributed by atoms with Crippen LogP contribution in [0.2, 0.25) is 0 Å². The number of amides is 1. The van der Waals surface area contributed by atoms with Crippen molar-refractivity contribution in [2.45, 2.75) is 38.6 Å². The van der Waals surface area contributed by atoms with Crippen molar-refractivity contribution >= 4 is 5.91 Å². The molecule has 1 unspecified atom stereocenters. The smallest absolute Gasteiger partial charge is 0.296 e. The molecule has 1 aromatic rings. The SMILES string of the molecule is CC#CC(=O)NC(c1ccccc1)C1CCCC1. The van der Waals surface area contributed by atoms with Crippen LogP contribution in [0.15, 0.2) is 30.3 Å². The number of hydrogen-bond donors (Lipinski definition) is 1. The lowest BCUT2D eigenvalue weighted by Gasteiger charge is -2.24. The standard InChI is InChI=1S/C16H19NO/c1-2-8-15(18)17-16(14-11-6-7-12-14)13-9-4-3-5-10-13/h3-5,9-10,14,16H,6-7,11-12H2,1H3,(H,17,18). The molecule has 1 aromatic carbocycles. The van der Waals surface area contributed by atoms with Crippen LogP contribution >= 0.6 is 0 Å². The second kappa shape index (κ2) is 6.26. The van der Waals surface area contributed by atoms with Crippen molar-refractivity contribution in [2.24, 2.45) is 5.92 Å². The van der Waals surface area contributed by atoms with Crippen LogP contribution < -0.4 is 5.32 Å². The van der Waals surface area contributed by atoms with Crippen molar-refractivity contribution in [1.29, 1.82) is 0 Å². The van der Waals surface area contributed by atoms with Crippen molar-refractivity contribution < 1.29 is 4.79 Å². The first-order valence-electron chi connectivity index (χ1n) is 6.59. The van der Waals surface area contributed by atoms with Crippen molar-refractivity contribution in [1.82, 2.24) is 5.32 Å². The van der Waals surface area contributed by atoms with Crippen LogP contribution in [0.3, 0.4) is 0 Å². The Morgan fingerprint density at radius 2 is 1.94 bits per heavy atom. The summed E-state index contributed by atoms with van der Waals surface area (Å²) in [5, 5.41) is 3.06. The van der Waals surface area contributed by atoms with Crippen LogP contribution in [0.4, 0.5) is 0 Å². The normalized spacial score (nSPS) is 16.7. The van der Waals surface area contributed by atoms with Crippen molar-refractivity contribution in [3.8, 4) is 11.8 Å². The van der Waals surface area contributed by atoms with Gasteiger partial charge in [-0.1, -0.05) is 49.1 Å². The average molecular weight is 241 g/mol. The Balaban J connectivity index is 2.16. The summed E-state index contributed by atoms with van der Waals surface area (Å²) < 4.78 is 0. The maximum absolute atomic E-state index is 11.7. The summed E-state index contributed by atoms with van der Waals surface area (Å²) in [6.45, 7) is 1.69. The molecule has 1 aliphatic carbocycles. The fourth-order valence-corrected chi connectivity index (χ4v) is 2.72. The topological polar surface area (TPSA) is 29.1 Å². The molecule has 18 heavy (non-hydrogen) atoms. The monoisotopic (exact) mass is 241 g/mol. The molecule has 2 rings (SSSR count). The summed E-state index contributed by atoms with van der Waals surface area (Å²) in [5.74, 6) is 5.60. The van der Waals surface area contributed by atoms with Crippen molar-refractivity contribution in [3.63, 3.8) is 0 Å². The van der Waals surface area contributed by atoms with Crippen molar-refractivity contribution in [2.75, 3.05) is 0 Å². The highest BCUT2D eigenvalue weighted by Gasteiger charge is 2.27. The van der Waals surface area contributed by atoms with Gasteiger partial charge in [-0.25, -0.2) is 0 Å². The molecular weight excluding hydrogens is 222 g/mol. The van der Waals surface area contributed by atoms with Gasteiger partial charge < -0.3 is 5.32 Å². The van der Waals surface area contributed by atoms with E-state index in [1.54, 1.807) is 6.92 Å². The molecule has 2 heteroatoms. The van der Waals surface area contributed by atoms with Gasteiger partial charge in [0.2, 0.25) is 0 Å². The zero-order valence-electron chi connectivity index (χ0n) is 10.8. The Morgan fingerprint density at radius 3 is 2.56 bits per heavy atom.